The fraction of sp³-hybridized carbons (Fsp3) is 0.958. The molecule has 4 aliphatic rings. The van der Waals surface area contributed by atoms with E-state index in [0.29, 0.717) is 17.9 Å². The molecular weight excluding hydrogens is 348 g/mol. The average molecular weight is 391 g/mol. The van der Waals surface area contributed by atoms with Crippen LogP contribution in [0.1, 0.15) is 71.6 Å². The number of fused-ring (bicyclic) bond motifs is 5. The predicted molar refractivity (Wildman–Crippen MR) is 114 cm³/mol. The molecule has 4 unspecified atom stereocenters. The van der Waals surface area contributed by atoms with Crippen LogP contribution in [0.2, 0.25) is 0 Å². The van der Waals surface area contributed by atoms with E-state index in [1.807, 2.05) is 0 Å². The molecule has 0 radical (unpaired) electrons. The Kier molecular flexibility index (Phi) is 5.83. The van der Waals surface area contributed by atoms with Crippen LogP contribution < -0.4 is 0 Å². The Labute approximate surface area is 172 Å². The third-order valence-electron chi connectivity index (χ3n) is 9.63. The van der Waals surface area contributed by atoms with E-state index in [1.165, 1.54) is 51.4 Å². The van der Waals surface area contributed by atoms with E-state index in [9.17, 15) is 5.11 Å². The Bertz CT molecular complexity index is 579. The summed E-state index contributed by atoms with van der Waals surface area (Å²) < 4.78 is 0. The summed E-state index contributed by atoms with van der Waals surface area (Å²) in [6, 6.07) is 0. The molecule has 0 aliphatic heterocycles. The first-order chi connectivity index (χ1) is 13.3. The zero-order chi connectivity index (χ0) is 19.9. The van der Waals surface area contributed by atoms with Crippen LogP contribution in [0.5, 0.6) is 0 Å². The lowest BCUT2D eigenvalue weighted by Gasteiger charge is -2.60. The van der Waals surface area contributed by atoms with Gasteiger partial charge >= 0.3 is 0 Å². The molecule has 4 saturated carbocycles. The van der Waals surface area contributed by atoms with E-state index in [-0.39, 0.29) is 11.5 Å². The van der Waals surface area contributed by atoms with Crippen molar-refractivity contribution in [3.05, 3.63) is 0 Å². The Hall–Kier alpha value is -0.610. The Morgan fingerprint density at radius 3 is 2.54 bits per heavy atom. The van der Waals surface area contributed by atoms with Crippen molar-refractivity contribution in [1.82, 2.24) is 4.90 Å². The first-order valence-electron chi connectivity index (χ1n) is 11.8. The number of rotatable bonds is 5. The molecule has 4 rings (SSSR count). The summed E-state index contributed by atoms with van der Waals surface area (Å²) in [7, 11) is 4.12. The lowest BCUT2D eigenvalue weighted by Crippen LogP contribution is -2.54. The second-order valence-corrected chi connectivity index (χ2v) is 11.2. The molecule has 0 heterocycles. The number of likely N-dealkylation sites (N-methyl/N-ethyl adjacent to an activating group) is 1. The summed E-state index contributed by atoms with van der Waals surface area (Å²) in [6.07, 6.45) is 13.6. The van der Waals surface area contributed by atoms with Gasteiger partial charge in [-0.3, -0.25) is 0 Å². The quantitative estimate of drug-likeness (QED) is 0.425. The van der Waals surface area contributed by atoms with E-state index in [0.717, 1.165) is 36.6 Å². The van der Waals surface area contributed by atoms with Crippen LogP contribution in [0.25, 0.3) is 0 Å². The lowest BCUT2D eigenvalue weighted by atomic mass is 9.44. The predicted octanol–water partition coefficient (Wildman–Crippen LogP) is 4.57. The molecule has 28 heavy (non-hydrogen) atoms. The van der Waals surface area contributed by atoms with Gasteiger partial charge < -0.3 is 14.8 Å². The molecule has 4 nitrogen and oxygen atoms in total. The van der Waals surface area contributed by atoms with Crippen LogP contribution in [-0.2, 0) is 4.84 Å². The first-order valence-corrected chi connectivity index (χ1v) is 11.8. The molecule has 8 atom stereocenters. The van der Waals surface area contributed by atoms with Gasteiger partial charge in [-0.1, -0.05) is 19.0 Å². The Morgan fingerprint density at radius 1 is 1.00 bits per heavy atom. The number of aliphatic hydroxyl groups is 1. The topological polar surface area (TPSA) is 45.1 Å². The van der Waals surface area contributed by atoms with Crippen LogP contribution in [0.15, 0.2) is 5.16 Å². The molecule has 0 aromatic carbocycles. The lowest BCUT2D eigenvalue weighted by molar-refractivity contribution is -0.123. The number of oxime groups is 1. The first kappa shape index (κ1) is 20.7. The molecule has 160 valence electrons. The van der Waals surface area contributed by atoms with Crippen molar-refractivity contribution >= 4 is 6.21 Å². The minimum atomic E-state index is -0.0524. The van der Waals surface area contributed by atoms with Gasteiger partial charge in [-0.2, -0.15) is 0 Å². The molecule has 1 N–H and O–H groups in total. The summed E-state index contributed by atoms with van der Waals surface area (Å²) in [5.74, 6) is 3.94. The zero-order valence-electron chi connectivity index (χ0n) is 18.6. The summed E-state index contributed by atoms with van der Waals surface area (Å²) >= 11 is 0. The van der Waals surface area contributed by atoms with Gasteiger partial charge in [0, 0.05) is 12.8 Å². The third-order valence-corrected chi connectivity index (χ3v) is 9.63. The van der Waals surface area contributed by atoms with Crippen molar-refractivity contribution in [3.63, 3.8) is 0 Å². The number of hydrogen-bond donors (Lipinski definition) is 1. The number of nitrogens with zero attached hydrogens (tertiary/aromatic N) is 2. The normalized spacial score (nSPS) is 48.4. The van der Waals surface area contributed by atoms with Crippen LogP contribution in [0, 0.1) is 40.4 Å². The second kappa shape index (κ2) is 7.91. The highest BCUT2D eigenvalue weighted by Gasteiger charge is 2.59. The van der Waals surface area contributed by atoms with Crippen molar-refractivity contribution in [2.75, 3.05) is 27.2 Å². The highest BCUT2D eigenvalue weighted by atomic mass is 16.6. The standard InChI is InChI=1S/C24H42N2O2/c1-23-11-9-17(16-25-28-14-13-26(3)4)15-18(23)5-6-19-20-7-8-22(27)24(20,2)12-10-21(19)23/h16-22,27H,5-15H2,1-4H3/t17-,18?,19?,20?,21?,22-,23-,24-/m0/s1. The number of hydrogen-bond acceptors (Lipinski definition) is 4. The van der Waals surface area contributed by atoms with Gasteiger partial charge in [0.1, 0.15) is 6.61 Å². The van der Waals surface area contributed by atoms with Crippen molar-refractivity contribution in [1.29, 1.82) is 0 Å². The highest BCUT2D eigenvalue weighted by Crippen LogP contribution is 2.66. The maximum Gasteiger partial charge on any atom is 0.129 e. The summed E-state index contributed by atoms with van der Waals surface area (Å²) in [6.45, 7) is 6.60. The molecule has 4 fully saturated rings. The number of aliphatic hydroxyl groups excluding tert-OH is 1. The van der Waals surface area contributed by atoms with Crippen molar-refractivity contribution < 1.29 is 9.94 Å². The van der Waals surface area contributed by atoms with Crippen LogP contribution in [0.4, 0.5) is 0 Å². The Morgan fingerprint density at radius 2 is 1.75 bits per heavy atom. The van der Waals surface area contributed by atoms with Gasteiger partial charge in [0.2, 0.25) is 0 Å². The van der Waals surface area contributed by atoms with E-state index in [1.54, 1.807) is 0 Å². The minimum absolute atomic E-state index is 0.0524. The van der Waals surface area contributed by atoms with Crippen LogP contribution in [-0.4, -0.2) is 49.6 Å². The third kappa shape index (κ3) is 3.53. The molecular formula is C24H42N2O2. The van der Waals surface area contributed by atoms with Gasteiger partial charge in [-0.25, -0.2) is 0 Å². The maximum absolute atomic E-state index is 10.6. The fourth-order valence-corrected chi connectivity index (χ4v) is 7.80. The van der Waals surface area contributed by atoms with E-state index in [4.69, 9.17) is 4.84 Å². The molecule has 0 bridgehead atoms. The molecule has 0 aromatic heterocycles. The largest absolute Gasteiger partial charge is 0.395 e. The van der Waals surface area contributed by atoms with Crippen molar-refractivity contribution in [2.24, 2.45) is 45.6 Å². The fourth-order valence-electron chi connectivity index (χ4n) is 7.80. The maximum atomic E-state index is 10.6. The molecule has 0 aromatic rings. The molecule has 0 spiro atoms. The smallest absolute Gasteiger partial charge is 0.129 e. The SMILES string of the molecule is CN(C)CCON=C[C@H]1CC[C@@]2(C)C(CCC3C2CC[C@@]2(C)C3CC[C@@H]2O)C1. The molecule has 4 aliphatic carbocycles. The van der Waals surface area contributed by atoms with Crippen LogP contribution in [0.3, 0.4) is 0 Å². The minimum Gasteiger partial charge on any atom is -0.395 e. The summed E-state index contributed by atoms with van der Waals surface area (Å²) in [5, 5.41) is 14.9. The van der Waals surface area contributed by atoms with E-state index in [2.05, 4.69) is 44.2 Å². The molecule has 0 saturated heterocycles. The van der Waals surface area contributed by atoms with Gasteiger partial charge in [0.25, 0.3) is 0 Å². The van der Waals surface area contributed by atoms with Crippen LogP contribution >= 0.6 is 0 Å². The summed E-state index contributed by atoms with van der Waals surface area (Å²) in [4.78, 5) is 7.59. The second-order valence-electron chi connectivity index (χ2n) is 11.2. The Balaban J connectivity index is 1.37. The van der Waals surface area contributed by atoms with Crippen molar-refractivity contribution in [3.8, 4) is 0 Å². The average Bonchev–Trinajstić information content (AvgIpc) is 2.96. The van der Waals surface area contributed by atoms with Gasteiger partial charge in [0.15, 0.2) is 0 Å². The summed E-state index contributed by atoms with van der Waals surface area (Å²) in [5.41, 5.74) is 0.714. The molecule has 0 amide bonds. The van der Waals surface area contributed by atoms with Gasteiger partial charge in [-0.15, -0.1) is 0 Å². The zero-order valence-corrected chi connectivity index (χ0v) is 18.6. The van der Waals surface area contributed by atoms with Gasteiger partial charge in [-0.05, 0) is 112 Å². The van der Waals surface area contributed by atoms with E-state index >= 15 is 0 Å². The highest BCUT2D eigenvalue weighted by molar-refractivity contribution is 5.60. The van der Waals surface area contributed by atoms with Gasteiger partial charge in [0.05, 0.1) is 6.10 Å². The monoisotopic (exact) mass is 390 g/mol. The van der Waals surface area contributed by atoms with E-state index < -0.39 is 0 Å². The molecule has 4 heteroatoms. The van der Waals surface area contributed by atoms with Crippen molar-refractivity contribution in [2.45, 2.75) is 77.7 Å².